The van der Waals surface area contributed by atoms with Gasteiger partial charge in [0.1, 0.15) is 5.25 Å². The summed E-state index contributed by atoms with van der Waals surface area (Å²) in [7, 11) is 4.28. The summed E-state index contributed by atoms with van der Waals surface area (Å²) in [6.07, 6.45) is 0. The van der Waals surface area contributed by atoms with Gasteiger partial charge in [0.2, 0.25) is 0 Å². The molecule has 0 unspecified atom stereocenters. The Labute approximate surface area is 169 Å². The van der Waals surface area contributed by atoms with E-state index < -0.39 is 22.5 Å². The highest BCUT2D eigenvalue weighted by atomic mass is 35.5. The molecule has 2 heterocycles. The number of nitrogens with zero attached hydrogens (tertiary/aromatic N) is 4. The van der Waals surface area contributed by atoms with Crippen LogP contribution in [0, 0.1) is 0 Å². The largest absolute Gasteiger partial charge is 0.468 e. The Balaban J connectivity index is 2.26. The van der Waals surface area contributed by atoms with E-state index in [1.54, 1.807) is 24.6 Å². The number of fused-ring (bicyclic) bond motifs is 1. The van der Waals surface area contributed by atoms with E-state index in [2.05, 4.69) is 4.98 Å². The average Bonchev–Trinajstić information content (AvgIpc) is 3.03. The summed E-state index contributed by atoms with van der Waals surface area (Å²) in [6, 6.07) is 7.26. The van der Waals surface area contributed by atoms with Gasteiger partial charge in [-0.25, -0.2) is 9.78 Å². The Morgan fingerprint density at radius 1 is 1.25 bits per heavy atom. The van der Waals surface area contributed by atoms with E-state index in [4.69, 9.17) is 16.3 Å². The average molecular weight is 423 g/mol. The van der Waals surface area contributed by atoms with E-state index in [0.29, 0.717) is 10.2 Å². The van der Waals surface area contributed by atoms with Gasteiger partial charge in [-0.3, -0.25) is 18.7 Å². The maximum absolute atomic E-state index is 12.8. The van der Waals surface area contributed by atoms with Gasteiger partial charge in [-0.1, -0.05) is 41.6 Å². The number of esters is 1. The van der Waals surface area contributed by atoms with Crippen LogP contribution in [0.1, 0.15) is 12.5 Å². The lowest BCUT2D eigenvalue weighted by Gasteiger charge is -2.12. The van der Waals surface area contributed by atoms with Crippen LogP contribution in [-0.4, -0.2) is 37.0 Å². The Kier molecular flexibility index (Phi) is 5.66. The summed E-state index contributed by atoms with van der Waals surface area (Å²) in [6.45, 7) is 1.95. The molecule has 0 saturated carbocycles. The second-order valence-corrected chi connectivity index (χ2v) is 7.95. The number of hydrogen-bond acceptors (Lipinski definition) is 6. The van der Waals surface area contributed by atoms with E-state index in [1.807, 2.05) is 18.2 Å². The number of hydrogen-bond donors (Lipinski definition) is 0. The van der Waals surface area contributed by atoms with Crippen molar-refractivity contribution < 1.29 is 9.53 Å². The molecule has 0 amide bonds. The number of thioether (sulfide) groups is 1. The van der Waals surface area contributed by atoms with Crippen LogP contribution in [0.3, 0.4) is 0 Å². The zero-order valence-corrected chi connectivity index (χ0v) is 17.4. The molecule has 0 fully saturated rings. The van der Waals surface area contributed by atoms with E-state index in [0.717, 1.165) is 21.9 Å². The zero-order valence-electron chi connectivity index (χ0n) is 15.8. The predicted octanol–water partition coefficient (Wildman–Crippen LogP) is 1.79. The number of carbonyl (C=O) groups excluding carboxylic acids is 1. The van der Waals surface area contributed by atoms with Gasteiger partial charge in [0.15, 0.2) is 16.3 Å². The standard InChI is InChI=1S/C18H19ClN4O4S/c1-10(16(25)27-4)28-17-20-14-13(15(24)22(3)18(26)21(14)2)23(17)9-11-7-5-6-8-12(11)19/h5-8,10H,9H2,1-4H3/t10-/m0/s1. The number of aryl methyl sites for hydroxylation is 1. The molecule has 148 valence electrons. The number of benzene rings is 1. The number of methoxy groups -OCH3 is 1. The number of aromatic nitrogens is 4. The predicted molar refractivity (Wildman–Crippen MR) is 108 cm³/mol. The minimum atomic E-state index is -0.548. The summed E-state index contributed by atoms with van der Waals surface area (Å²) >= 11 is 7.45. The van der Waals surface area contributed by atoms with Crippen LogP contribution < -0.4 is 11.2 Å². The molecule has 28 heavy (non-hydrogen) atoms. The lowest BCUT2D eigenvalue weighted by Crippen LogP contribution is -2.37. The van der Waals surface area contributed by atoms with Gasteiger partial charge in [0, 0.05) is 19.1 Å². The molecule has 0 bridgehead atoms. The fourth-order valence-corrected chi connectivity index (χ4v) is 3.96. The number of carbonyl (C=O) groups is 1. The fourth-order valence-electron chi connectivity index (χ4n) is 2.83. The summed E-state index contributed by atoms with van der Waals surface area (Å²) in [5.74, 6) is -0.414. The molecule has 0 aliphatic carbocycles. The second-order valence-electron chi connectivity index (χ2n) is 6.23. The van der Waals surface area contributed by atoms with Gasteiger partial charge < -0.3 is 9.30 Å². The van der Waals surface area contributed by atoms with Crippen molar-refractivity contribution in [1.29, 1.82) is 0 Å². The van der Waals surface area contributed by atoms with Crippen LogP contribution in [0.25, 0.3) is 11.2 Å². The normalized spacial score (nSPS) is 12.3. The van der Waals surface area contributed by atoms with Gasteiger partial charge in [-0.05, 0) is 18.6 Å². The number of ether oxygens (including phenoxy) is 1. The zero-order chi connectivity index (χ0) is 20.6. The summed E-state index contributed by atoms with van der Waals surface area (Å²) in [4.78, 5) is 41.5. The van der Waals surface area contributed by atoms with E-state index in [-0.39, 0.29) is 17.7 Å². The first-order valence-electron chi connectivity index (χ1n) is 8.40. The number of halogens is 1. The molecule has 1 atom stereocenters. The molecule has 1 aromatic carbocycles. The molecule has 2 aromatic heterocycles. The Morgan fingerprint density at radius 2 is 1.93 bits per heavy atom. The van der Waals surface area contributed by atoms with Crippen LogP contribution in [0.2, 0.25) is 5.02 Å². The lowest BCUT2D eigenvalue weighted by molar-refractivity contribution is -0.139. The van der Waals surface area contributed by atoms with Crippen molar-refractivity contribution in [2.45, 2.75) is 23.9 Å². The third-order valence-electron chi connectivity index (χ3n) is 4.41. The van der Waals surface area contributed by atoms with E-state index >= 15 is 0 Å². The highest BCUT2D eigenvalue weighted by Gasteiger charge is 2.24. The fraction of sp³-hybridized carbons (Fsp3) is 0.333. The molecule has 3 aromatic rings. The maximum Gasteiger partial charge on any atom is 0.332 e. The van der Waals surface area contributed by atoms with Gasteiger partial charge >= 0.3 is 11.7 Å². The van der Waals surface area contributed by atoms with Crippen molar-refractivity contribution in [2.75, 3.05) is 7.11 Å². The number of imidazole rings is 1. The lowest BCUT2D eigenvalue weighted by atomic mass is 10.2. The first kappa shape index (κ1) is 20.2. The molecule has 8 nitrogen and oxygen atoms in total. The molecule has 0 aliphatic heterocycles. The van der Waals surface area contributed by atoms with Crippen LogP contribution >= 0.6 is 23.4 Å². The molecule has 0 saturated heterocycles. The smallest absolute Gasteiger partial charge is 0.332 e. The SMILES string of the molecule is COC(=O)[C@H](C)Sc1nc2c(c(=O)n(C)c(=O)n2C)n1Cc1ccccc1Cl. The molecule has 0 N–H and O–H groups in total. The van der Waals surface area contributed by atoms with Crippen LogP contribution in [0.4, 0.5) is 0 Å². The van der Waals surface area contributed by atoms with Gasteiger partial charge in [-0.2, -0.15) is 0 Å². The molecule has 10 heteroatoms. The third-order valence-corrected chi connectivity index (χ3v) is 5.85. The van der Waals surface area contributed by atoms with Crippen LogP contribution in [0.15, 0.2) is 39.0 Å². The maximum atomic E-state index is 12.8. The molecular formula is C18H19ClN4O4S. The summed E-state index contributed by atoms with van der Waals surface area (Å²) in [5.41, 5.74) is 0.364. The molecule has 0 radical (unpaired) electrons. The van der Waals surface area contributed by atoms with Crippen LogP contribution in [-0.2, 0) is 30.2 Å². The van der Waals surface area contributed by atoms with Gasteiger partial charge in [0.05, 0.1) is 13.7 Å². The minimum Gasteiger partial charge on any atom is -0.468 e. The third kappa shape index (κ3) is 3.47. The minimum absolute atomic E-state index is 0.250. The topological polar surface area (TPSA) is 88.1 Å². The Morgan fingerprint density at radius 3 is 2.57 bits per heavy atom. The molecular weight excluding hydrogens is 404 g/mol. The summed E-state index contributed by atoms with van der Waals surface area (Å²) in [5, 5.41) is 0.418. The highest BCUT2D eigenvalue weighted by molar-refractivity contribution is 8.00. The van der Waals surface area contributed by atoms with Crippen molar-refractivity contribution in [3.63, 3.8) is 0 Å². The first-order chi connectivity index (χ1) is 13.3. The van der Waals surface area contributed by atoms with E-state index in [1.165, 1.54) is 18.7 Å². The Hall–Kier alpha value is -2.52. The highest BCUT2D eigenvalue weighted by Crippen LogP contribution is 2.28. The van der Waals surface area contributed by atoms with E-state index in [9.17, 15) is 14.4 Å². The van der Waals surface area contributed by atoms with Crippen molar-refractivity contribution in [3.8, 4) is 0 Å². The second kappa shape index (κ2) is 7.84. The molecule has 3 rings (SSSR count). The van der Waals surface area contributed by atoms with Crippen molar-refractivity contribution in [2.24, 2.45) is 14.1 Å². The van der Waals surface area contributed by atoms with Gasteiger partial charge in [0.25, 0.3) is 5.56 Å². The van der Waals surface area contributed by atoms with Gasteiger partial charge in [-0.15, -0.1) is 0 Å². The van der Waals surface area contributed by atoms with Crippen molar-refractivity contribution in [3.05, 3.63) is 55.7 Å². The molecule has 0 aliphatic rings. The first-order valence-corrected chi connectivity index (χ1v) is 9.66. The molecule has 0 spiro atoms. The van der Waals surface area contributed by atoms with Crippen LogP contribution in [0.5, 0.6) is 0 Å². The Bertz CT molecular complexity index is 1180. The monoisotopic (exact) mass is 422 g/mol. The van der Waals surface area contributed by atoms with Crippen molar-refractivity contribution in [1.82, 2.24) is 18.7 Å². The number of rotatable bonds is 5. The summed E-state index contributed by atoms with van der Waals surface area (Å²) < 4.78 is 8.81. The quantitative estimate of drug-likeness (QED) is 0.460. The van der Waals surface area contributed by atoms with Crippen molar-refractivity contribution >= 4 is 40.5 Å².